The van der Waals surface area contributed by atoms with Crippen LogP contribution >= 0.6 is 0 Å². The van der Waals surface area contributed by atoms with Crippen LogP contribution in [0.1, 0.15) is 0 Å². The van der Waals surface area contributed by atoms with Crippen LogP contribution in [0.15, 0.2) is 35.2 Å². The number of nitrogens with one attached hydrogen (secondary N) is 1. The molecule has 0 saturated carbocycles. The third kappa shape index (κ3) is 3.56. The van der Waals surface area contributed by atoms with Crippen molar-refractivity contribution < 1.29 is 22.8 Å². The zero-order valence-corrected chi connectivity index (χ0v) is 8.45. The first-order valence-corrected chi connectivity index (χ1v) is 5.51. The Labute approximate surface area is 86.5 Å². The largest absolute Gasteiger partial charge is 0.364 e. The van der Waals surface area contributed by atoms with Crippen LogP contribution < -0.4 is 4.89 Å². The molecule has 1 rings (SSSR count). The Morgan fingerprint density at radius 1 is 1.40 bits per heavy atom. The second-order valence-electron chi connectivity index (χ2n) is 2.63. The highest BCUT2D eigenvalue weighted by molar-refractivity contribution is 7.89. The minimum atomic E-state index is -3.86. The van der Waals surface area contributed by atoms with Gasteiger partial charge in [-0.1, -0.05) is 23.1 Å². The molecule has 1 unspecified atom stereocenters. The molecule has 2 N–H and O–H groups in total. The molecule has 0 radical (unpaired) electrons. The van der Waals surface area contributed by atoms with Gasteiger partial charge in [0.25, 0.3) is 10.0 Å². The molecule has 7 heteroatoms. The third-order valence-electron chi connectivity index (χ3n) is 1.48. The molecule has 84 valence electrons. The summed E-state index contributed by atoms with van der Waals surface area (Å²) in [4.78, 5) is 5.73. The van der Waals surface area contributed by atoms with Crippen LogP contribution in [-0.4, -0.2) is 26.5 Å². The van der Waals surface area contributed by atoms with Crippen molar-refractivity contribution in [1.82, 2.24) is 4.89 Å². The summed E-state index contributed by atoms with van der Waals surface area (Å²) in [5.74, 6) is 0. The van der Waals surface area contributed by atoms with Gasteiger partial charge >= 0.3 is 0 Å². The molecule has 1 aromatic carbocycles. The fourth-order valence-corrected chi connectivity index (χ4v) is 1.65. The van der Waals surface area contributed by atoms with Gasteiger partial charge in [-0.25, -0.2) is 12.8 Å². The number of benzene rings is 1. The van der Waals surface area contributed by atoms with Gasteiger partial charge in [-0.2, -0.15) is 0 Å². The number of sulfonamides is 1. The molecule has 1 atom stereocenters. The van der Waals surface area contributed by atoms with E-state index in [1.807, 2.05) is 0 Å². The first kappa shape index (κ1) is 12.1. The molecule has 0 bridgehead atoms. The lowest BCUT2D eigenvalue weighted by Gasteiger charge is -2.09. The van der Waals surface area contributed by atoms with Gasteiger partial charge < -0.3 is 5.11 Å². The lowest BCUT2D eigenvalue weighted by atomic mass is 10.4. The van der Waals surface area contributed by atoms with Gasteiger partial charge in [0.1, 0.15) is 6.67 Å². The van der Waals surface area contributed by atoms with Crippen molar-refractivity contribution in [2.45, 2.75) is 11.2 Å². The smallest absolute Gasteiger partial charge is 0.262 e. The normalized spacial score (nSPS) is 13.7. The molecule has 0 aliphatic heterocycles. The standard InChI is InChI=1S/C8H10FNO4S/c9-6-8(11)14-10-15(12,13)7-4-2-1-3-5-7/h1-5,8,10-11H,6H2. The van der Waals surface area contributed by atoms with E-state index in [0.29, 0.717) is 0 Å². The Bertz CT molecular complexity index is 394. The zero-order chi connectivity index (χ0) is 11.3. The number of aliphatic hydroxyl groups is 1. The fraction of sp³-hybridized carbons (Fsp3) is 0.250. The molecule has 1 aromatic rings. The molecule has 0 aromatic heterocycles. The van der Waals surface area contributed by atoms with E-state index >= 15 is 0 Å². The maximum atomic E-state index is 11.8. The van der Waals surface area contributed by atoms with E-state index in [9.17, 15) is 12.8 Å². The molecule has 0 spiro atoms. The van der Waals surface area contributed by atoms with Crippen LogP contribution in [0.4, 0.5) is 4.39 Å². The summed E-state index contributed by atoms with van der Waals surface area (Å²) in [5.41, 5.74) is 0. The lowest BCUT2D eigenvalue weighted by Crippen LogP contribution is -2.30. The van der Waals surface area contributed by atoms with Gasteiger partial charge in [0, 0.05) is 0 Å². The second kappa shape index (κ2) is 5.17. The predicted octanol–water partition coefficient (Wildman–Crippen LogP) is 0.184. The molecule has 0 saturated heterocycles. The first-order valence-electron chi connectivity index (χ1n) is 4.03. The van der Waals surface area contributed by atoms with Crippen molar-refractivity contribution in [2.24, 2.45) is 0 Å². The van der Waals surface area contributed by atoms with E-state index in [1.54, 1.807) is 11.0 Å². The van der Waals surface area contributed by atoms with E-state index in [2.05, 4.69) is 4.84 Å². The van der Waals surface area contributed by atoms with E-state index in [1.165, 1.54) is 24.3 Å². The number of aliphatic hydroxyl groups excluding tert-OH is 1. The minimum absolute atomic E-state index is 0.0314. The quantitative estimate of drug-likeness (QED) is 0.564. The van der Waals surface area contributed by atoms with Crippen LogP contribution in [0.25, 0.3) is 0 Å². The highest BCUT2D eigenvalue weighted by Crippen LogP contribution is 2.07. The van der Waals surface area contributed by atoms with Gasteiger partial charge in [-0.05, 0) is 12.1 Å². The minimum Gasteiger partial charge on any atom is -0.364 e. The van der Waals surface area contributed by atoms with E-state index in [-0.39, 0.29) is 4.90 Å². The molecule has 0 aliphatic rings. The van der Waals surface area contributed by atoms with E-state index < -0.39 is 23.0 Å². The molecule has 5 nitrogen and oxygen atoms in total. The van der Waals surface area contributed by atoms with Crippen LogP contribution in [0, 0.1) is 0 Å². The summed E-state index contributed by atoms with van der Waals surface area (Å²) in [6.45, 7) is -1.20. The number of alkyl halides is 1. The van der Waals surface area contributed by atoms with Gasteiger partial charge in [0.2, 0.25) is 6.29 Å². The Morgan fingerprint density at radius 3 is 2.53 bits per heavy atom. The third-order valence-corrected chi connectivity index (χ3v) is 2.69. The predicted molar refractivity (Wildman–Crippen MR) is 49.8 cm³/mol. The molecular weight excluding hydrogens is 225 g/mol. The molecule has 0 amide bonds. The summed E-state index contributed by atoms with van der Waals surface area (Å²) < 4.78 is 34.5. The number of hydrogen-bond acceptors (Lipinski definition) is 4. The highest BCUT2D eigenvalue weighted by Gasteiger charge is 2.15. The molecule has 0 heterocycles. The fourth-order valence-electron chi connectivity index (χ4n) is 0.798. The number of hydrogen-bond donors (Lipinski definition) is 2. The molecular formula is C8H10FNO4S. The van der Waals surface area contributed by atoms with Crippen LogP contribution in [-0.2, 0) is 14.9 Å². The van der Waals surface area contributed by atoms with E-state index in [0.717, 1.165) is 0 Å². The molecule has 15 heavy (non-hydrogen) atoms. The Hall–Kier alpha value is -1.02. The Morgan fingerprint density at radius 2 is 2.00 bits per heavy atom. The summed E-state index contributed by atoms with van der Waals surface area (Å²) >= 11 is 0. The van der Waals surface area contributed by atoms with E-state index in [4.69, 9.17) is 5.11 Å². The van der Waals surface area contributed by atoms with Crippen molar-refractivity contribution in [3.05, 3.63) is 30.3 Å². The van der Waals surface area contributed by atoms with Gasteiger partial charge in [-0.15, -0.1) is 0 Å². The van der Waals surface area contributed by atoms with Crippen molar-refractivity contribution in [3.8, 4) is 0 Å². The lowest BCUT2D eigenvalue weighted by molar-refractivity contribution is -0.131. The molecule has 0 fully saturated rings. The summed E-state index contributed by atoms with van der Waals surface area (Å²) in [6, 6.07) is 7.39. The van der Waals surface area contributed by atoms with Crippen molar-refractivity contribution in [3.63, 3.8) is 0 Å². The summed E-state index contributed by atoms with van der Waals surface area (Å²) in [6.07, 6.45) is -1.80. The second-order valence-corrected chi connectivity index (χ2v) is 4.27. The Balaban J connectivity index is 2.69. The van der Waals surface area contributed by atoms with Gasteiger partial charge in [0.15, 0.2) is 0 Å². The van der Waals surface area contributed by atoms with Crippen LogP contribution in [0.3, 0.4) is 0 Å². The van der Waals surface area contributed by atoms with Crippen LogP contribution in [0.5, 0.6) is 0 Å². The summed E-state index contributed by atoms with van der Waals surface area (Å²) in [7, 11) is -3.86. The zero-order valence-electron chi connectivity index (χ0n) is 7.63. The van der Waals surface area contributed by atoms with Crippen LogP contribution in [0.2, 0.25) is 0 Å². The van der Waals surface area contributed by atoms with Crippen molar-refractivity contribution >= 4 is 10.0 Å². The summed E-state index contributed by atoms with van der Waals surface area (Å²) in [5, 5.41) is 8.64. The average molecular weight is 235 g/mol. The monoisotopic (exact) mass is 235 g/mol. The number of halogens is 1. The van der Waals surface area contributed by atoms with Gasteiger partial charge in [-0.3, -0.25) is 4.84 Å². The number of rotatable bonds is 5. The average Bonchev–Trinajstić information content (AvgIpc) is 2.27. The molecule has 0 aliphatic carbocycles. The Kier molecular flexibility index (Phi) is 4.15. The SMILES string of the molecule is O=S(=O)(NOC(O)CF)c1ccccc1. The topological polar surface area (TPSA) is 75.6 Å². The maximum absolute atomic E-state index is 11.8. The first-order chi connectivity index (χ1) is 7.06. The van der Waals surface area contributed by atoms with Gasteiger partial charge in [0.05, 0.1) is 4.90 Å². The van der Waals surface area contributed by atoms with Crippen molar-refractivity contribution in [1.29, 1.82) is 0 Å². The van der Waals surface area contributed by atoms with Crippen molar-refractivity contribution in [2.75, 3.05) is 6.67 Å². The highest BCUT2D eigenvalue weighted by atomic mass is 32.2. The maximum Gasteiger partial charge on any atom is 0.262 e.